The van der Waals surface area contributed by atoms with E-state index < -0.39 is 0 Å². The predicted molar refractivity (Wildman–Crippen MR) is 43.4 cm³/mol. The number of hydrogen-bond donors (Lipinski definition) is 1. The van der Waals surface area contributed by atoms with Gasteiger partial charge in [-0.2, -0.15) is 0 Å². The molecule has 1 heterocycles. The molecule has 58 valence electrons. The Morgan fingerprint density at radius 1 is 1.64 bits per heavy atom. The Balaban J connectivity index is 2.50. The minimum Gasteiger partial charge on any atom is -0.300 e. The molecule has 0 aliphatic rings. The number of rotatable bonds is 3. The van der Waals surface area contributed by atoms with Crippen LogP contribution in [0.4, 0.5) is 0 Å². The van der Waals surface area contributed by atoms with E-state index in [-0.39, 0.29) is 0 Å². The highest BCUT2D eigenvalue weighted by atomic mass is 16.6. The number of nitrogens with zero attached hydrogens (tertiary/aromatic N) is 1. The molecule has 0 radical (unpaired) electrons. The summed E-state index contributed by atoms with van der Waals surface area (Å²) in [5, 5.41) is 0. The summed E-state index contributed by atoms with van der Waals surface area (Å²) < 4.78 is 0. The highest BCUT2D eigenvalue weighted by Crippen LogP contribution is 1.97. The molecule has 0 saturated heterocycles. The molecule has 1 aromatic heterocycles. The molecule has 1 rings (SSSR count). The number of hydrogen-bond acceptors (Lipinski definition) is 3. The molecule has 0 bridgehead atoms. The van der Waals surface area contributed by atoms with E-state index in [1.807, 2.05) is 24.3 Å². The predicted octanol–water partition coefficient (Wildman–Crippen LogP) is 0.985. The quantitative estimate of drug-likeness (QED) is 0.653. The summed E-state index contributed by atoms with van der Waals surface area (Å²) in [6, 6.07) is 3.84. The monoisotopic (exact) mass is 150 g/mol. The van der Waals surface area contributed by atoms with Crippen molar-refractivity contribution >= 4 is 6.08 Å². The molecule has 0 spiro atoms. The Bertz CT molecular complexity index is 221. The topological polar surface area (TPSA) is 48.1 Å². The van der Waals surface area contributed by atoms with Gasteiger partial charge in [0.15, 0.2) is 0 Å². The van der Waals surface area contributed by atoms with Crippen molar-refractivity contribution < 1.29 is 4.84 Å². The fraction of sp³-hybridized carbons (Fsp3) is 0.125. The lowest BCUT2D eigenvalue weighted by Crippen LogP contribution is -1.96. The minimum absolute atomic E-state index is 0.425. The SMILES string of the molecule is NOCC=Cc1cccnc1. The molecule has 3 heteroatoms. The molecular formula is C8H10N2O. The third-order valence-corrected chi connectivity index (χ3v) is 1.19. The van der Waals surface area contributed by atoms with Crippen LogP contribution in [0.15, 0.2) is 30.6 Å². The van der Waals surface area contributed by atoms with Crippen LogP contribution in [0.5, 0.6) is 0 Å². The van der Waals surface area contributed by atoms with Crippen molar-refractivity contribution in [3.8, 4) is 0 Å². The lowest BCUT2D eigenvalue weighted by molar-refractivity contribution is 0.168. The number of aromatic nitrogens is 1. The van der Waals surface area contributed by atoms with Gasteiger partial charge in [0.25, 0.3) is 0 Å². The molecule has 0 unspecified atom stereocenters. The summed E-state index contributed by atoms with van der Waals surface area (Å²) in [5.41, 5.74) is 1.05. The van der Waals surface area contributed by atoms with Crippen LogP contribution in [0.1, 0.15) is 5.56 Å². The summed E-state index contributed by atoms with van der Waals surface area (Å²) in [6.07, 6.45) is 7.24. The van der Waals surface area contributed by atoms with E-state index in [9.17, 15) is 0 Å². The minimum atomic E-state index is 0.425. The van der Waals surface area contributed by atoms with E-state index in [0.717, 1.165) is 5.56 Å². The Morgan fingerprint density at radius 3 is 3.18 bits per heavy atom. The maximum absolute atomic E-state index is 4.83. The van der Waals surface area contributed by atoms with Gasteiger partial charge in [-0.25, -0.2) is 5.90 Å². The first-order chi connectivity index (χ1) is 5.43. The molecule has 0 amide bonds. The Morgan fingerprint density at radius 2 is 2.55 bits per heavy atom. The molecule has 0 saturated carbocycles. The second kappa shape index (κ2) is 4.60. The van der Waals surface area contributed by atoms with Crippen molar-refractivity contribution in [2.45, 2.75) is 0 Å². The van der Waals surface area contributed by atoms with Crippen LogP contribution in [0.2, 0.25) is 0 Å². The summed E-state index contributed by atoms with van der Waals surface area (Å²) in [4.78, 5) is 8.30. The van der Waals surface area contributed by atoms with Gasteiger partial charge in [-0.1, -0.05) is 18.2 Å². The van der Waals surface area contributed by atoms with Gasteiger partial charge in [0.05, 0.1) is 6.61 Å². The van der Waals surface area contributed by atoms with Gasteiger partial charge in [0.1, 0.15) is 0 Å². The van der Waals surface area contributed by atoms with Crippen molar-refractivity contribution in [1.29, 1.82) is 0 Å². The van der Waals surface area contributed by atoms with Crippen LogP contribution in [-0.4, -0.2) is 11.6 Å². The summed E-state index contributed by atoms with van der Waals surface area (Å²) >= 11 is 0. The van der Waals surface area contributed by atoms with Gasteiger partial charge in [-0.05, 0) is 11.6 Å². The van der Waals surface area contributed by atoms with Gasteiger partial charge in [0.2, 0.25) is 0 Å². The first kappa shape index (κ1) is 7.91. The molecule has 0 aliphatic carbocycles. The molecule has 2 N–H and O–H groups in total. The molecule has 0 fully saturated rings. The van der Waals surface area contributed by atoms with Crippen molar-refractivity contribution in [3.05, 3.63) is 36.2 Å². The van der Waals surface area contributed by atoms with Gasteiger partial charge < -0.3 is 4.84 Å². The average molecular weight is 150 g/mol. The highest BCUT2D eigenvalue weighted by Gasteiger charge is 1.81. The normalized spacial score (nSPS) is 10.6. The summed E-state index contributed by atoms with van der Waals surface area (Å²) in [7, 11) is 0. The molecule has 0 atom stereocenters. The molecule has 0 aliphatic heterocycles. The Kier molecular flexibility index (Phi) is 3.31. The largest absolute Gasteiger partial charge is 0.300 e. The Hall–Kier alpha value is -1.19. The zero-order valence-corrected chi connectivity index (χ0v) is 6.10. The van der Waals surface area contributed by atoms with Crippen molar-refractivity contribution in [2.75, 3.05) is 6.61 Å². The standard InChI is InChI=1S/C8H10N2O/c9-11-6-2-4-8-3-1-5-10-7-8/h1-5,7H,6,9H2. The van der Waals surface area contributed by atoms with E-state index in [0.29, 0.717) is 6.61 Å². The van der Waals surface area contributed by atoms with Crippen molar-refractivity contribution in [2.24, 2.45) is 5.90 Å². The fourth-order valence-corrected chi connectivity index (χ4v) is 0.714. The first-order valence-corrected chi connectivity index (χ1v) is 3.32. The maximum Gasteiger partial charge on any atom is 0.0864 e. The molecule has 11 heavy (non-hydrogen) atoms. The van der Waals surface area contributed by atoms with Crippen LogP contribution in [-0.2, 0) is 4.84 Å². The zero-order chi connectivity index (χ0) is 7.94. The maximum atomic E-state index is 4.83. The summed E-state index contributed by atoms with van der Waals surface area (Å²) in [6.45, 7) is 0.425. The van der Waals surface area contributed by atoms with E-state index in [1.165, 1.54) is 0 Å². The van der Waals surface area contributed by atoms with Crippen molar-refractivity contribution in [3.63, 3.8) is 0 Å². The van der Waals surface area contributed by atoms with E-state index >= 15 is 0 Å². The molecular weight excluding hydrogens is 140 g/mol. The van der Waals surface area contributed by atoms with Gasteiger partial charge in [0, 0.05) is 12.4 Å². The second-order valence-electron chi connectivity index (χ2n) is 2.02. The molecule has 0 aromatic carbocycles. The second-order valence-corrected chi connectivity index (χ2v) is 2.02. The van der Waals surface area contributed by atoms with Crippen LogP contribution < -0.4 is 5.90 Å². The molecule has 3 nitrogen and oxygen atoms in total. The Labute approximate surface area is 65.5 Å². The summed E-state index contributed by atoms with van der Waals surface area (Å²) in [5.74, 6) is 4.83. The smallest absolute Gasteiger partial charge is 0.0864 e. The van der Waals surface area contributed by atoms with Gasteiger partial charge in [-0.3, -0.25) is 4.98 Å². The van der Waals surface area contributed by atoms with Crippen LogP contribution in [0.25, 0.3) is 6.08 Å². The lowest BCUT2D eigenvalue weighted by atomic mass is 10.3. The van der Waals surface area contributed by atoms with Crippen LogP contribution in [0, 0.1) is 0 Å². The highest BCUT2D eigenvalue weighted by molar-refractivity contribution is 5.47. The van der Waals surface area contributed by atoms with Crippen LogP contribution >= 0.6 is 0 Å². The first-order valence-electron chi connectivity index (χ1n) is 3.32. The van der Waals surface area contributed by atoms with E-state index in [2.05, 4.69) is 9.82 Å². The average Bonchev–Trinajstić information content (AvgIpc) is 2.07. The lowest BCUT2D eigenvalue weighted by Gasteiger charge is -1.89. The third-order valence-electron chi connectivity index (χ3n) is 1.19. The van der Waals surface area contributed by atoms with E-state index in [4.69, 9.17) is 5.90 Å². The van der Waals surface area contributed by atoms with E-state index in [1.54, 1.807) is 12.4 Å². The zero-order valence-electron chi connectivity index (χ0n) is 6.10. The number of pyridine rings is 1. The van der Waals surface area contributed by atoms with Crippen LogP contribution in [0.3, 0.4) is 0 Å². The van der Waals surface area contributed by atoms with Crippen molar-refractivity contribution in [1.82, 2.24) is 4.98 Å². The number of nitrogens with two attached hydrogens (primary N) is 1. The van der Waals surface area contributed by atoms with Gasteiger partial charge in [-0.15, -0.1) is 0 Å². The third kappa shape index (κ3) is 2.93. The fourth-order valence-electron chi connectivity index (χ4n) is 0.714. The molecule has 1 aromatic rings. The van der Waals surface area contributed by atoms with Gasteiger partial charge >= 0.3 is 0 Å².